The molecule has 0 atom stereocenters. The van der Waals surface area contributed by atoms with Crippen LogP contribution in [0.1, 0.15) is 5.01 Å². The number of benzene rings is 1. The molecule has 0 saturated carbocycles. The third kappa shape index (κ3) is 4.19. The number of nitrogens with zero attached hydrogens (tertiary/aromatic N) is 1. The Hall–Kier alpha value is -1.63. The Morgan fingerprint density at radius 1 is 1.30 bits per heavy atom. The molecule has 0 saturated heterocycles. The van der Waals surface area contributed by atoms with Crippen LogP contribution in [0.15, 0.2) is 29.6 Å². The molecular formula is C13H14ClN3O2S. The summed E-state index contributed by atoms with van der Waals surface area (Å²) < 4.78 is 0. The van der Waals surface area contributed by atoms with Crippen molar-refractivity contribution in [2.24, 2.45) is 0 Å². The number of aliphatic hydroxyl groups is 1. The largest absolute Gasteiger partial charge is 0.395 e. The lowest BCUT2D eigenvalue weighted by Crippen LogP contribution is -2.36. The first-order chi connectivity index (χ1) is 9.69. The van der Waals surface area contributed by atoms with Gasteiger partial charge in [-0.15, -0.1) is 11.3 Å². The molecule has 3 N–H and O–H groups in total. The Morgan fingerprint density at radius 3 is 2.75 bits per heavy atom. The number of carbonyl (C=O) groups excluding carboxylic acids is 1. The zero-order valence-electron chi connectivity index (χ0n) is 10.6. The van der Waals surface area contributed by atoms with Gasteiger partial charge < -0.3 is 15.7 Å². The number of hydrogen-bond donors (Lipinski definition) is 3. The molecule has 20 heavy (non-hydrogen) atoms. The molecule has 0 radical (unpaired) electrons. The van der Waals surface area contributed by atoms with Gasteiger partial charge >= 0.3 is 6.03 Å². The second kappa shape index (κ2) is 7.23. The quantitative estimate of drug-likeness (QED) is 0.793. The number of aromatic nitrogens is 1. The third-order valence-electron chi connectivity index (χ3n) is 2.49. The van der Waals surface area contributed by atoms with E-state index in [1.165, 1.54) is 11.3 Å². The lowest BCUT2D eigenvalue weighted by atomic mass is 10.2. The second-order valence-corrected chi connectivity index (χ2v) is 5.35. The molecule has 0 aliphatic rings. The van der Waals surface area contributed by atoms with Crippen LogP contribution in [0.5, 0.6) is 0 Å². The average Bonchev–Trinajstić information content (AvgIpc) is 2.92. The summed E-state index contributed by atoms with van der Waals surface area (Å²) >= 11 is 7.32. The van der Waals surface area contributed by atoms with E-state index in [0.717, 1.165) is 16.3 Å². The summed E-state index contributed by atoms with van der Waals surface area (Å²) in [5.41, 5.74) is 1.85. The summed E-state index contributed by atoms with van der Waals surface area (Å²) in [7, 11) is 0. The van der Waals surface area contributed by atoms with E-state index < -0.39 is 0 Å². The van der Waals surface area contributed by atoms with Crippen LogP contribution in [0.2, 0.25) is 5.02 Å². The van der Waals surface area contributed by atoms with E-state index in [1.54, 1.807) is 0 Å². The number of nitrogens with one attached hydrogen (secondary N) is 2. The van der Waals surface area contributed by atoms with Crippen LogP contribution in [-0.2, 0) is 6.54 Å². The van der Waals surface area contributed by atoms with Crippen LogP contribution in [0.3, 0.4) is 0 Å². The van der Waals surface area contributed by atoms with Crippen LogP contribution in [0, 0.1) is 0 Å². The van der Waals surface area contributed by atoms with Crippen molar-refractivity contribution in [2.75, 3.05) is 13.2 Å². The number of halogens is 1. The van der Waals surface area contributed by atoms with Gasteiger partial charge in [0.05, 0.1) is 18.8 Å². The summed E-state index contributed by atoms with van der Waals surface area (Å²) in [6.45, 7) is 0.515. The number of carbonyl (C=O) groups is 1. The summed E-state index contributed by atoms with van der Waals surface area (Å²) in [4.78, 5) is 15.8. The minimum atomic E-state index is -0.317. The van der Waals surface area contributed by atoms with Gasteiger partial charge in [0.15, 0.2) is 0 Å². The fourth-order valence-corrected chi connectivity index (χ4v) is 2.40. The zero-order chi connectivity index (χ0) is 14.4. The van der Waals surface area contributed by atoms with Gasteiger partial charge in [-0.1, -0.05) is 23.7 Å². The average molecular weight is 312 g/mol. The fourth-order valence-electron chi connectivity index (χ4n) is 1.53. The van der Waals surface area contributed by atoms with E-state index >= 15 is 0 Å². The highest BCUT2D eigenvalue weighted by Gasteiger charge is 2.06. The molecule has 1 aromatic heterocycles. The molecular weight excluding hydrogens is 298 g/mol. The Morgan fingerprint density at radius 2 is 2.05 bits per heavy atom. The zero-order valence-corrected chi connectivity index (χ0v) is 12.2. The first-order valence-corrected chi connectivity index (χ1v) is 7.27. The normalized spacial score (nSPS) is 10.3. The summed E-state index contributed by atoms with van der Waals surface area (Å²) in [6, 6.07) is 7.13. The second-order valence-electron chi connectivity index (χ2n) is 3.97. The molecule has 0 bridgehead atoms. The molecule has 1 aromatic carbocycles. The topological polar surface area (TPSA) is 74.2 Å². The van der Waals surface area contributed by atoms with Crippen molar-refractivity contribution in [1.82, 2.24) is 15.6 Å². The Balaban J connectivity index is 1.92. The molecule has 7 heteroatoms. The van der Waals surface area contributed by atoms with Crippen LogP contribution >= 0.6 is 22.9 Å². The molecule has 2 amide bonds. The van der Waals surface area contributed by atoms with Crippen molar-refractivity contribution in [2.45, 2.75) is 6.54 Å². The SMILES string of the molecule is O=C(NCCO)NCc1nc(-c2ccc(Cl)cc2)cs1. The summed E-state index contributed by atoms with van der Waals surface area (Å²) in [5, 5.41) is 17.2. The maximum Gasteiger partial charge on any atom is 0.315 e. The van der Waals surface area contributed by atoms with E-state index in [9.17, 15) is 4.79 Å². The van der Waals surface area contributed by atoms with E-state index in [1.807, 2.05) is 29.6 Å². The predicted molar refractivity (Wildman–Crippen MR) is 79.9 cm³/mol. The van der Waals surface area contributed by atoms with Crippen LogP contribution < -0.4 is 10.6 Å². The fraction of sp³-hybridized carbons (Fsp3) is 0.231. The van der Waals surface area contributed by atoms with Crippen molar-refractivity contribution in [3.8, 4) is 11.3 Å². The number of thiazole rings is 1. The highest BCUT2D eigenvalue weighted by Crippen LogP contribution is 2.23. The number of rotatable bonds is 5. The first-order valence-electron chi connectivity index (χ1n) is 6.02. The van der Waals surface area contributed by atoms with Crippen LogP contribution in [-0.4, -0.2) is 29.3 Å². The van der Waals surface area contributed by atoms with E-state index in [4.69, 9.17) is 16.7 Å². The maximum atomic E-state index is 11.3. The Bertz CT molecular complexity index is 571. The molecule has 1 heterocycles. The van der Waals surface area contributed by atoms with E-state index in [0.29, 0.717) is 11.6 Å². The van der Waals surface area contributed by atoms with Gasteiger partial charge in [-0.2, -0.15) is 0 Å². The van der Waals surface area contributed by atoms with Gasteiger partial charge in [0.2, 0.25) is 0 Å². The van der Waals surface area contributed by atoms with Crippen molar-refractivity contribution in [3.63, 3.8) is 0 Å². The molecule has 0 aliphatic heterocycles. The van der Waals surface area contributed by atoms with Gasteiger partial charge in [0.25, 0.3) is 0 Å². The highest BCUT2D eigenvalue weighted by molar-refractivity contribution is 7.09. The minimum absolute atomic E-state index is 0.0780. The van der Waals surface area contributed by atoms with Crippen LogP contribution in [0.25, 0.3) is 11.3 Å². The van der Waals surface area contributed by atoms with Crippen molar-refractivity contribution >= 4 is 29.0 Å². The van der Waals surface area contributed by atoms with Gasteiger partial charge in [0.1, 0.15) is 5.01 Å². The number of urea groups is 1. The Kier molecular flexibility index (Phi) is 5.34. The highest BCUT2D eigenvalue weighted by atomic mass is 35.5. The maximum absolute atomic E-state index is 11.3. The minimum Gasteiger partial charge on any atom is -0.395 e. The lowest BCUT2D eigenvalue weighted by Gasteiger charge is -2.03. The monoisotopic (exact) mass is 311 g/mol. The summed E-state index contributed by atoms with van der Waals surface area (Å²) in [5.74, 6) is 0. The van der Waals surface area contributed by atoms with Crippen molar-refractivity contribution in [3.05, 3.63) is 39.7 Å². The molecule has 2 rings (SSSR count). The Labute approximate surface area is 125 Å². The van der Waals surface area contributed by atoms with E-state index in [-0.39, 0.29) is 19.2 Å². The smallest absolute Gasteiger partial charge is 0.315 e. The van der Waals surface area contributed by atoms with Gasteiger partial charge in [-0.05, 0) is 12.1 Å². The van der Waals surface area contributed by atoms with Gasteiger partial charge in [0, 0.05) is 22.5 Å². The summed E-state index contributed by atoms with van der Waals surface area (Å²) in [6.07, 6.45) is 0. The number of hydrogen-bond acceptors (Lipinski definition) is 4. The first kappa shape index (κ1) is 14.8. The standard InChI is InChI=1S/C13H14ClN3O2S/c14-10-3-1-9(2-4-10)11-8-20-12(17-11)7-16-13(19)15-5-6-18/h1-4,8,18H,5-7H2,(H2,15,16,19). The van der Waals surface area contributed by atoms with Gasteiger partial charge in [-0.3, -0.25) is 0 Å². The van der Waals surface area contributed by atoms with Crippen molar-refractivity contribution in [1.29, 1.82) is 0 Å². The molecule has 106 valence electrons. The van der Waals surface area contributed by atoms with Crippen LogP contribution in [0.4, 0.5) is 4.79 Å². The number of aliphatic hydroxyl groups excluding tert-OH is 1. The molecule has 5 nitrogen and oxygen atoms in total. The molecule has 2 aromatic rings. The molecule has 0 spiro atoms. The molecule has 0 fully saturated rings. The third-order valence-corrected chi connectivity index (χ3v) is 3.59. The lowest BCUT2D eigenvalue weighted by molar-refractivity contribution is 0.234. The van der Waals surface area contributed by atoms with E-state index in [2.05, 4.69) is 15.6 Å². The molecule has 0 aliphatic carbocycles. The van der Waals surface area contributed by atoms with Crippen molar-refractivity contribution < 1.29 is 9.90 Å². The van der Waals surface area contributed by atoms with Gasteiger partial charge in [-0.25, -0.2) is 9.78 Å². The predicted octanol–water partition coefficient (Wildman–Crippen LogP) is 2.26. The number of amides is 2. The molecule has 0 unspecified atom stereocenters.